The molecule has 104 valence electrons. The summed E-state index contributed by atoms with van der Waals surface area (Å²) < 4.78 is 0. The quantitative estimate of drug-likeness (QED) is 0.529. The van der Waals surface area contributed by atoms with E-state index in [1.165, 1.54) is 6.07 Å². The molecule has 5 heteroatoms. The Balaban J connectivity index is 0.00000289. The summed E-state index contributed by atoms with van der Waals surface area (Å²) in [5.74, 6) is 0.0484. The van der Waals surface area contributed by atoms with Crippen LogP contribution < -0.4 is 17.7 Å². The number of hydrogen-bond donors (Lipinski definition) is 4. The van der Waals surface area contributed by atoms with Crippen molar-refractivity contribution in [2.45, 2.75) is 39.0 Å². The maximum absolute atomic E-state index is 9.97. The molecule has 0 bridgehead atoms. The van der Waals surface area contributed by atoms with E-state index < -0.39 is 6.10 Å². The predicted octanol–water partition coefficient (Wildman–Crippen LogP) is -1.69. The summed E-state index contributed by atoms with van der Waals surface area (Å²) in [7, 11) is 0. The molecular weight excluding hydrogens is 254 g/mol. The van der Waals surface area contributed by atoms with Gasteiger partial charge in [-0.05, 0) is 38.5 Å². The number of phenols is 1. The second kappa shape index (κ2) is 6.95. The van der Waals surface area contributed by atoms with Crippen LogP contribution in [0.15, 0.2) is 18.2 Å². The Labute approximate surface area is 114 Å². The van der Waals surface area contributed by atoms with E-state index in [9.17, 15) is 10.2 Å². The molecule has 1 aromatic carbocycles. The largest absolute Gasteiger partial charge is 1.00 e. The van der Waals surface area contributed by atoms with Gasteiger partial charge in [0, 0.05) is 17.6 Å². The monoisotopic (exact) mass is 274 g/mol. The Kier molecular flexibility index (Phi) is 6.63. The highest BCUT2D eigenvalue weighted by Gasteiger charge is 2.14. The molecule has 0 aliphatic carbocycles. The Morgan fingerprint density at radius 3 is 2.39 bits per heavy atom. The van der Waals surface area contributed by atoms with Gasteiger partial charge in [0.05, 0.1) is 12.7 Å². The zero-order valence-electron chi connectivity index (χ0n) is 10.9. The molecule has 0 aliphatic heterocycles. The molecule has 0 saturated heterocycles. The van der Waals surface area contributed by atoms with Gasteiger partial charge in [0.15, 0.2) is 0 Å². The maximum atomic E-state index is 9.97. The van der Waals surface area contributed by atoms with Gasteiger partial charge in [-0.15, -0.1) is 0 Å². The SMILES string of the molecule is CC(C)(C)NC[C@H](O)c1ccc(O)c(CO)c1.[Cl-]. The van der Waals surface area contributed by atoms with E-state index in [0.717, 1.165) is 0 Å². The first-order chi connectivity index (χ1) is 7.83. The molecule has 0 spiro atoms. The first-order valence-corrected chi connectivity index (χ1v) is 5.69. The molecule has 0 amide bonds. The standard InChI is InChI=1S/C13H21NO3.ClH/c1-13(2,3)14-7-12(17)9-4-5-11(16)10(6-9)8-15;/h4-6,12,14-17H,7-8H2,1-3H3;1H/p-1/t12-;/m0./s1. The highest BCUT2D eigenvalue weighted by atomic mass is 35.5. The van der Waals surface area contributed by atoms with Crippen LogP contribution >= 0.6 is 0 Å². The maximum Gasteiger partial charge on any atom is 0.121 e. The summed E-state index contributed by atoms with van der Waals surface area (Å²) in [6, 6.07) is 4.76. The number of aliphatic hydroxyl groups is 2. The molecule has 0 saturated carbocycles. The molecule has 0 aliphatic rings. The molecule has 0 fully saturated rings. The number of nitrogens with one attached hydrogen (secondary N) is 1. The highest BCUT2D eigenvalue weighted by Crippen LogP contribution is 2.22. The molecule has 4 N–H and O–H groups in total. The van der Waals surface area contributed by atoms with Crippen molar-refractivity contribution in [2.75, 3.05) is 6.54 Å². The average molecular weight is 275 g/mol. The molecule has 0 radical (unpaired) electrons. The number of β-amino-alcohol motifs (C(OH)–C–C–N with tert-alkyl or cyclic N) is 1. The van der Waals surface area contributed by atoms with Crippen molar-refractivity contribution >= 4 is 0 Å². The third-order valence-electron chi connectivity index (χ3n) is 2.48. The third-order valence-corrected chi connectivity index (χ3v) is 2.48. The third kappa shape index (κ3) is 5.23. The number of halogens is 1. The lowest BCUT2D eigenvalue weighted by molar-refractivity contribution is -0.00000775. The van der Waals surface area contributed by atoms with Crippen LogP contribution in [-0.2, 0) is 6.61 Å². The van der Waals surface area contributed by atoms with Crippen LogP contribution in [0, 0.1) is 0 Å². The van der Waals surface area contributed by atoms with Crippen LogP contribution in [0.2, 0.25) is 0 Å². The number of benzene rings is 1. The molecule has 0 unspecified atom stereocenters. The van der Waals surface area contributed by atoms with E-state index in [4.69, 9.17) is 5.11 Å². The lowest BCUT2D eigenvalue weighted by Gasteiger charge is -2.23. The van der Waals surface area contributed by atoms with Crippen LogP contribution in [0.3, 0.4) is 0 Å². The lowest BCUT2D eigenvalue weighted by atomic mass is 10.0. The Hall–Kier alpha value is -0.810. The average Bonchev–Trinajstić information content (AvgIpc) is 2.25. The van der Waals surface area contributed by atoms with Gasteiger partial charge < -0.3 is 33.0 Å². The van der Waals surface area contributed by atoms with Crippen molar-refractivity contribution in [3.05, 3.63) is 29.3 Å². The summed E-state index contributed by atoms with van der Waals surface area (Å²) in [5, 5.41) is 31.6. The van der Waals surface area contributed by atoms with E-state index in [1.807, 2.05) is 20.8 Å². The van der Waals surface area contributed by atoms with Crippen molar-refractivity contribution < 1.29 is 27.7 Å². The summed E-state index contributed by atoms with van der Waals surface area (Å²) in [5.41, 5.74) is 1.05. The van der Waals surface area contributed by atoms with E-state index in [-0.39, 0.29) is 30.3 Å². The Morgan fingerprint density at radius 2 is 1.89 bits per heavy atom. The zero-order valence-corrected chi connectivity index (χ0v) is 11.7. The fourth-order valence-electron chi connectivity index (χ4n) is 1.46. The fourth-order valence-corrected chi connectivity index (χ4v) is 1.46. The molecule has 1 atom stereocenters. The summed E-state index contributed by atoms with van der Waals surface area (Å²) >= 11 is 0. The fraction of sp³-hybridized carbons (Fsp3) is 0.538. The van der Waals surface area contributed by atoms with Crippen LogP contribution in [0.1, 0.15) is 38.0 Å². The van der Waals surface area contributed by atoms with Crippen molar-refractivity contribution in [1.29, 1.82) is 0 Å². The Morgan fingerprint density at radius 1 is 1.28 bits per heavy atom. The second-order valence-corrected chi connectivity index (χ2v) is 5.19. The van der Waals surface area contributed by atoms with E-state index in [0.29, 0.717) is 17.7 Å². The normalized spacial score (nSPS) is 12.9. The van der Waals surface area contributed by atoms with E-state index in [2.05, 4.69) is 5.32 Å². The zero-order chi connectivity index (χ0) is 13.1. The molecule has 0 heterocycles. The van der Waals surface area contributed by atoms with Crippen molar-refractivity contribution in [1.82, 2.24) is 5.32 Å². The van der Waals surface area contributed by atoms with Gasteiger partial charge in [-0.3, -0.25) is 0 Å². The van der Waals surface area contributed by atoms with Gasteiger partial charge in [-0.25, -0.2) is 0 Å². The number of aromatic hydroxyl groups is 1. The van der Waals surface area contributed by atoms with Crippen molar-refractivity contribution in [3.63, 3.8) is 0 Å². The first-order valence-electron chi connectivity index (χ1n) is 5.69. The second-order valence-electron chi connectivity index (χ2n) is 5.19. The summed E-state index contributed by atoms with van der Waals surface area (Å²) in [4.78, 5) is 0. The molecular formula is C13H21ClNO3-. The van der Waals surface area contributed by atoms with Crippen LogP contribution in [0.25, 0.3) is 0 Å². The van der Waals surface area contributed by atoms with Gasteiger partial charge in [-0.1, -0.05) is 6.07 Å². The minimum atomic E-state index is -0.653. The lowest BCUT2D eigenvalue weighted by Crippen LogP contribution is -3.00. The van der Waals surface area contributed by atoms with Gasteiger partial charge >= 0.3 is 0 Å². The molecule has 4 nitrogen and oxygen atoms in total. The van der Waals surface area contributed by atoms with Crippen LogP contribution in [-0.4, -0.2) is 27.4 Å². The van der Waals surface area contributed by atoms with E-state index >= 15 is 0 Å². The first kappa shape index (κ1) is 17.2. The predicted molar refractivity (Wildman–Crippen MR) is 66.7 cm³/mol. The van der Waals surface area contributed by atoms with Crippen LogP contribution in [0.4, 0.5) is 0 Å². The van der Waals surface area contributed by atoms with Crippen LogP contribution in [0.5, 0.6) is 5.75 Å². The highest BCUT2D eigenvalue weighted by molar-refractivity contribution is 5.36. The summed E-state index contributed by atoms with van der Waals surface area (Å²) in [6.07, 6.45) is -0.653. The number of rotatable bonds is 4. The molecule has 1 aromatic rings. The summed E-state index contributed by atoms with van der Waals surface area (Å²) in [6.45, 7) is 6.26. The molecule has 1 rings (SSSR count). The van der Waals surface area contributed by atoms with Gasteiger partial charge in [-0.2, -0.15) is 0 Å². The van der Waals surface area contributed by atoms with Gasteiger partial charge in [0.1, 0.15) is 5.75 Å². The van der Waals surface area contributed by atoms with Crippen molar-refractivity contribution in [2.24, 2.45) is 0 Å². The minimum Gasteiger partial charge on any atom is -1.00 e. The number of hydrogen-bond acceptors (Lipinski definition) is 4. The van der Waals surface area contributed by atoms with Crippen molar-refractivity contribution in [3.8, 4) is 5.75 Å². The minimum absolute atomic E-state index is 0. The molecule has 0 aromatic heterocycles. The smallest absolute Gasteiger partial charge is 0.121 e. The number of aliphatic hydroxyl groups excluding tert-OH is 2. The molecule has 18 heavy (non-hydrogen) atoms. The van der Waals surface area contributed by atoms with Gasteiger partial charge in [0.2, 0.25) is 0 Å². The van der Waals surface area contributed by atoms with Gasteiger partial charge in [0.25, 0.3) is 0 Å². The van der Waals surface area contributed by atoms with E-state index in [1.54, 1.807) is 12.1 Å². The Bertz CT molecular complexity index is 377. The topological polar surface area (TPSA) is 72.7 Å².